The summed E-state index contributed by atoms with van der Waals surface area (Å²) in [6.45, 7) is 0. The summed E-state index contributed by atoms with van der Waals surface area (Å²) in [5, 5.41) is 15.0. The van der Waals surface area contributed by atoms with E-state index in [1.54, 1.807) is 0 Å². The predicted molar refractivity (Wildman–Crippen MR) is 227 cm³/mol. The summed E-state index contributed by atoms with van der Waals surface area (Å²) < 4.78 is 2.61. The Balaban J connectivity index is 1.37. The van der Waals surface area contributed by atoms with E-state index in [2.05, 4.69) is 193 Å². The number of benzene rings is 10. The van der Waals surface area contributed by atoms with E-state index in [0.717, 1.165) is 11.4 Å². The molecule has 11 rings (SSSR count). The number of hydrogen-bond donors (Lipinski definition) is 0. The SMILES string of the molecule is c1ccc2c(-c3c(N(c4ccc5sc6ccccc6c5c4)c4cc5ccccc5c5ccccc45)c4ccccc4c4ccccc34)cccc2c1. The smallest absolute Gasteiger partial charge is 0.0625 e. The normalized spacial score (nSPS) is 11.8. The number of anilines is 3. The second-order valence-electron chi connectivity index (χ2n) is 13.6. The van der Waals surface area contributed by atoms with Gasteiger partial charge in [0, 0.05) is 42.2 Å². The molecule has 0 saturated carbocycles. The van der Waals surface area contributed by atoms with Crippen LogP contribution in [0.5, 0.6) is 0 Å². The average molecular weight is 678 g/mol. The quantitative estimate of drug-likeness (QED) is 0.168. The molecular weight excluding hydrogens is 647 g/mol. The van der Waals surface area contributed by atoms with Crippen LogP contribution in [-0.2, 0) is 0 Å². The minimum atomic E-state index is 1.14. The topological polar surface area (TPSA) is 3.24 Å². The first-order chi connectivity index (χ1) is 25.8. The fourth-order valence-corrected chi connectivity index (χ4v) is 9.62. The number of hydrogen-bond acceptors (Lipinski definition) is 2. The highest BCUT2D eigenvalue weighted by Gasteiger charge is 2.26. The van der Waals surface area contributed by atoms with Gasteiger partial charge in [-0.25, -0.2) is 0 Å². The number of fused-ring (bicyclic) bond motifs is 10. The van der Waals surface area contributed by atoms with E-state index in [1.807, 2.05) is 11.3 Å². The highest BCUT2D eigenvalue weighted by Crippen LogP contribution is 2.53. The van der Waals surface area contributed by atoms with Gasteiger partial charge >= 0.3 is 0 Å². The molecule has 0 fully saturated rings. The zero-order chi connectivity index (χ0) is 34.2. The minimum Gasteiger partial charge on any atom is -0.309 e. The van der Waals surface area contributed by atoms with Gasteiger partial charge in [-0.3, -0.25) is 0 Å². The van der Waals surface area contributed by atoms with Crippen LogP contribution in [0, 0.1) is 0 Å². The second-order valence-corrected chi connectivity index (χ2v) is 14.7. The Bertz CT molecular complexity index is 3200. The van der Waals surface area contributed by atoms with Gasteiger partial charge in [-0.2, -0.15) is 0 Å². The molecule has 0 aliphatic heterocycles. The Kier molecular flexibility index (Phi) is 6.49. The number of rotatable bonds is 4. The Hall–Kier alpha value is -6.48. The molecule has 0 aliphatic rings. The molecule has 11 aromatic rings. The molecule has 0 bridgehead atoms. The van der Waals surface area contributed by atoms with Crippen LogP contribution in [0.4, 0.5) is 17.1 Å². The Morgan fingerprint density at radius 1 is 0.327 bits per heavy atom. The van der Waals surface area contributed by atoms with Crippen LogP contribution in [0.3, 0.4) is 0 Å². The third-order valence-electron chi connectivity index (χ3n) is 10.8. The van der Waals surface area contributed by atoms with Gasteiger partial charge < -0.3 is 4.90 Å². The standard InChI is InChI=1S/C50H31NS/c1-3-17-35-32(14-1)16-13-26-42(35)49-43-24-9-6-20-38(43)39-21-7-10-25-44(39)50(49)51(34-28-29-48-45(31-34)41-23-11-12-27-47(41)52-48)46-30-33-15-2-4-18-36(33)37-19-5-8-22-40(37)46/h1-31H. The van der Waals surface area contributed by atoms with Crippen LogP contribution in [0.2, 0.25) is 0 Å². The van der Waals surface area contributed by atoms with Gasteiger partial charge in [0.25, 0.3) is 0 Å². The van der Waals surface area contributed by atoms with Crippen molar-refractivity contribution in [1.82, 2.24) is 0 Å². The van der Waals surface area contributed by atoms with Crippen molar-refractivity contribution in [3.05, 3.63) is 188 Å². The van der Waals surface area contributed by atoms with E-state index < -0.39 is 0 Å². The van der Waals surface area contributed by atoms with Crippen LogP contribution >= 0.6 is 11.3 Å². The zero-order valence-corrected chi connectivity index (χ0v) is 29.1. The Labute approximate surface area is 305 Å². The first-order valence-corrected chi connectivity index (χ1v) is 18.7. The van der Waals surface area contributed by atoms with Gasteiger partial charge in [-0.05, 0) is 79.0 Å². The van der Waals surface area contributed by atoms with Gasteiger partial charge in [-0.1, -0.05) is 158 Å². The van der Waals surface area contributed by atoms with Crippen LogP contribution in [0.1, 0.15) is 0 Å². The van der Waals surface area contributed by atoms with Crippen molar-refractivity contribution in [3.8, 4) is 11.1 Å². The van der Waals surface area contributed by atoms with Crippen LogP contribution in [0.15, 0.2) is 188 Å². The van der Waals surface area contributed by atoms with Crippen LogP contribution in [-0.4, -0.2) is 0 Å². The van der Waals surface area contributed by atoms with Crippen molar-refractivity contribution in [3.63, 3.8) is 0 Å². The van der Waals surface area contributed by atoms with E-state index >= 15 is 0 Å². The summed E-state index contributed by atoms with van der Waals surface area (Å²) in [6, 6.07) is 69.5. The minimum absolute atomic E-state index is 1.14. The van der Waals surface area contributed by atoms with Crippen molar-refractivity contribution < 1.29 is 0 Å². The lowest BCUT2D eigenvalue weighted by atomic mass is 9.87. The molecule has 1 heterocycles. The lowest BCUT2D eigenvalue weighted by molar-refractivity contribution is 1.33. The summed E-state index contributed by atoms with van der Waals surface area (Å²) in [5.74, 6) is 0. The molecule has 1 aromatic heterocycles. The van der Waals surface area contributed by atoms with E-state index in [4.69, 9.17) is 0 Å². The fourth-order valence-electron chi connectivity index (χ4n) is 8.53. The summed E-state index contributed by atoms with van der Waals surface area (Å²) in [6.07, 6.45) is 0. The summed E-state index contributed by atoms with van der Waals surface area (Å²) in [4.78, 5) is 2.58. The van der Waals surface area contributed by atoms with Crippen molar-refractivity contribution in [2.75, 3.05) is 4.90 Å². The van der Waals surface area contributed by atoms with E-state index in [0.29, 0.717) is 0 Å². The van der Waals surface area contributed by atoms with Crippen LogP contribution in [0.25, 0.3) is 85.2 Å². The van der Waals surface area contributed by atoms with E-state index in [9.17, 15) is 0 Å². The van der Waals surface area contributed by atoms with Crippen LogP contribution < -0.4 is 4.90 Å². The zero-order valence-electron chi connectivity index (χ0n) is 28.3. The highest BCUT2D eigenvalue weighted by atomic mass is 32.1. The largest absolute Gasteiger partial charge is 0.309 e. The molecule has 0 N–H and O–H groups in total. The molecule has 1 nitrogen and oxygen atoms in total. The van der Waals surface area contributed by atoms with Crippen molar-refractivity contribution in [2.24, 2.45) is 0 Å². The molecule has 0 unspecified atom stereocenters. The van der Waals surface area contributed by atoms with Crippen molar-refractivity contribution in [1.29, 1.82) is 0 Å². The average Bonchev–Trinajstić information content (AvgIpc) is 3.59. The molecule has 0 amide bonds. The molecular formula is C50H31NS. The van der Waals surface area contributed by atoms with Gasteiger partial charge in [0.2, 0.25) is 0 Å². The Morgan fingerprint density at radius 3 is 1.65 bits per heavy atom. The van der Waals surface area contributed by atoms with Gasteiger partial charge in [-0.15, -0.1) is 11.3 Å². The maximum Gasteiger partial charge on any atom is 0.0625 e. The second kappa shape index (κ2) is 11.5. The lowest BCUT2D eigenvalue weighted by Crippen LogP contribution is -2.13. The van der Waals surface area contributed by atoms with Gasteiger partial charge in [0.15, 0.2) is 0 Å². The molecule has 0 saturated heterocycles. The molecule has 52 heavy (non-hydrogen) atoms. The number of thiophene rings is 1. The monoisotopic (exact) mass is 677 g/mol. The molecule has 10 aromatic carbocycles. The third kappa shape index (κ3) is 4.35. The maximum atomic E-state index is 2.58. The lowest BCUT2D eigenvalue weighted by Gasteiger charge is -2.32. The molecule has 242 valence electrons. The van der Waals surface area contributed by atoms with Gasteiger partial charge in [0.05, 0.1) is 11.4 Å². The molecule has 0 spiro atoms. The highest BCUT2D eigenvalue weighted by molar-refractivity contribution is 7.25. The van der Waals surface area contributed by atoms with Gasteiger partial charge in [0.1, 0.15) is 0 Å². The van der Waals surface area contributed by atoms with E-state index in [1.165, 1.54) is 90.8 Å². The third-order valence-corrected chi connectivity index (χ3v) is 11.9. The van der Waals surface area contributed by atoms with E-state index in [-0.39, 0.29) is 0 Å². The molecule has 0 atom stereocenters. The molecule has 0 aliphatic carbocycles. The molecule has 0 radical (unpaired) electrons. The number of nitrogens with zero attached hydrogens (tertiary/aromatic N) is 1. The fraction of sp³-hybridized carbons (Fsp3) is 0. The maximum absolute atomic E-state index is 2.58. The summed E-state index contributed by atoms with van der Waals surface area (Å²) in [5.41, 5.74) is 5.95. The first-order valence-electron chi connectivity index (χ1n) is 17.9. The predicted octanol–water partition coefficient (Wildman–Crippen LogP) is 15.0. The Morgan fingerprint density at radius 2 is 0.865 bits per heavy atom. The molecule has 2 heteroatoms. The first kappa shape index (κ1) is 29.3. The van der Waals surface area contributed by atoms with Crippen molar-refractivity contribution in [2.45, 2.75) is 0 Å². The van der Waals surface area contributed by atoms with Crippen molar-refractivity contribution >= 4 is 102 Å². The summed E-state index contributed by atoms with van der Waals surface area (Å²) in [7, 11) is 0. The summed E-state index contributed by atoms with van der Waals surface area (Å²) >= 11 is 1.87.